The highest BCUT2D eigenvalue weighted by molar-refractivity contribution is 9.10. The van der Waals surface area contributed by atoms with Crippen LogP contribution in [0, 0.1) is 0 Å². The van der Waals surface area contributed by atoms with Gasteiger partial charge in [-0.2, -0.15) is 0 Å². The predicted octanol–water partition coefficient (Wildman–Crippen LogP) is 3.47. The molecule has 0 unspecified atom stereocenters. The van der Waals surface area contributed by atoms with Crippen molar-refractivity contribution in [2.75, 3.05) is 26.0 Å². The van der Waals surface area contributed by atoms with E-state index in [-0.39, 0.29) is 11.7 Å². The van der Waals surface area contributed by atoms with E-state index in [9.17, 15) is 4.79 Å². The molecule has 0 saturated carbocycles. The van der Waals surface area contributed by atoms with E-state index in [0.717, 1.165) is 10.2 Å². The van der Waals surface area contributed by atoms with Crippen molar-refractivity contribution in [3.05, 3.63) is 47.1 Å². The molecule has 3 aromatic rings. The number of nitrogens with zero attached hydrogens (tertiary/aromatic N) is 4. The second-order valence-corrected chi connectivity index (χ2v) is 7.61. The van der Waals surface area contributed by atoms with Gasteiger partial charge in [-0.25, -0.2) is 0 Å². The van der Waals surface area contributed by atoms with Crippen LogP contribution in [0.1, 0.15) is 0 Å². The van der Waals surface area contributed by atoms with Crippen LogP contribution in [-0.2, 0) is 11.8 Å². The molecule has 7 nitrogen and oxygen atoms in total. The Hall–Kier alpha value is -2.26. The molecule has 0 radical (unpaired) electrons. The molecule has 27 heavy (non-hydrogen) atoms. The highest BCUT2D eigenvalue weighted by atomic mass is 79.9. The number of amides is 1. The third-order valence-corrected chi connectivity index (χ3v) is 5.37. The Morgan fingerprint density at radius 3 is 2.78 bits per heavy atom. The molecule has 1 aromatic carbocycles. The lowest BCUT2D eigenvalue weighted by Crippen LogP contribution is -2.32. The summed E-state index contributed by atoms with van der Waals surface area (Å²) < 4.78 is 13.8. The van der Waals surface area contributed by atoms with Gasteiger partial charge < -0.3 is 18.6 Å². The summed E-state index contributed by atoms with van der Waals surface area (Å²) in [6, 6.07) is 11.2. The topological polar surface area (TPSA) is 73.4 Å². The van der Waals surface area contributed by atoms with Gasteiger partial charge in [0.15, 0.2) is 16.7 Å². The SMILES string of the molecule is CN(CCOc1ccc(Br)cc1)C(=O)CSc1nnc(-c2ccco2)n1C. The second kappa shape index (κ2) is 9.09. The maximum Gasteiger partial charge on any atom is 0.232 e. The minimum atomic E-state index is 0.00181. The van der Waals surface area contributed by atoms with Crippen LogP contribution in [0.25, 0.3) is 11.6 Å². The molecule has 3 rings (SSSR count). The van der Waals surface area contributed by atoms with E-state index in [1.54, 1.807) is 24.3 Å². The van der Waals surface area contributed by atoms with Gasteiger partial charge in [-0.15, -0.1) is 10.2 Å². The van der Waals surface area contributed by atoms with E-state index >= 15 is 0 Å². The van der Waals surface area contributed by atoms with E-state index < -0.39 is 0 Å². The van der Waals surface area contributed by atoms with Gasteiger partial charge in [0.05, 0.1) is 18.6 Å². The number of thioether (sulfide) groups is 1. The van der Waals surface area contributed by atoms with Gasteiger partial charge in [0.1, 0.15) is 12.4 Å². The Morgan fingerprint density at radius 1 is 1.30 bits per heavy atom. The maximum absolute atomic E-state index is 12.3. The van der Waals surface area contributed by atoms with Crippen molar-refractivity contribution in [1.82, 2.24) is 19.7 Å². The molecule has 1 amide bonds. The van der Waals surface area contributed by atoms with Crippen LogP contribution in [0.3, 0.4) is 0 Å². The number of ether oxygens (including phenoxy) is 1. The fourth-order valence-corrected chi connectivity index (χ4v) is 3.37. The fraction of sp³-hybridized carbons (Fsp3) is 0.278. The summed E-state index contributed by atoms with van der Waals surface area (Å²) in [5, 5.41) is 8.91. The average molecular weight is 451 g/mol. The Bertz CT molecular complexity index is 881. The molecular formula is C18H19BrN4O3S. The summed E-state index contributed by atoms with van der Waals surface area (Å²) in [7, 11) is 3.61. The Kier molecular flexibility index (Phi) is 6.57. The van der Waals surface area contributed by atoms with Crippen LogP contribution >= 0.6 is 27.7 Å². The quantitative estimate of drug-likeness (QED) is 0.489. The van der Waals surface area contributed by atoms with Crippen molar-refractivity contribution in [3.63, 3.8) is 0 Å². The van der Waals surface area contributed by atoms with Gasteiger partial charge in [-0.05, 0) is 36.4 Å². The molecule has 0 fully saturated rings. The van der Waals surface area contributed by atoms with E-state index in [1.165, 1.54) is 11.8 Å². The van der Waals surface area contributed by atoms with Crippen LogP contribution in [0.15, 0.2) is 56.7 Å². The number of hydrogen-bond acceptors (Lipinski definition) is 6. The minimum Gasteiger partial charge on any atom is -0.492 e. The van der Waals surface area contributed by atoms with Crippen LogP contribution in [-0.4, -0.2) is 51.5 Å². The smallest absolute Gasteiger partial charge is 0.232 e. The number of carbonyl (C=O) groups excluding carboxylic acids is 1. The standard InChI is InChI=1S/C18H19BrN4O3S/c1-22(9-11-25-14-7-5-13(19)6-8-14)16(24)12-27-18-21-20-17(23(18)2)15-4-3-10-26-15/h3-8,10H,9,11-12H2,1-2H3. The van der Waals surface area contributed by atoms with Gasteiger partial charge in [0.25, 0.3) is 0 Å². The van der Waals surface area contributed by atoms with Gasteiger partial charge in [0, 0.05) is 18.6 Å². The molecule has 0 aliphatic heterocycles. The zero-order valence-electron chi connectivity index (χ0n) is 15.0. The van der Waals surface area contributed by atoms with Gasteiger partial charge >= 0.3 is 0 Å². The molecule has 2 heterocycles. The largest absolute Gasteiger partial charge is 0.492 e. The highest BCUT2D eigenvalue weighted by Gasteiger charge is 2.16. The van der Waals surface area contributed by atoms with Gasteiger partial charge in [0.2, 0.25) is 5.91 Å². The first-order chi connectivity index (χ1) is 13.0. The lowest BCUT2D eigenvalue weighted by Gasteiger charge is -2.17. The Morgan fingerprint density at radius 2 is 2.07 bits per heavy atom. The molecule has 142 valence electrons. The molecule has 0 saturated heterocycles. The highest BCUT2D eigenvalue weighted by Crippen LogP contribution is 2.23. The fourth-order valence-electron chi connectivity index (χ4n) is 2.25. The first-order valence-corrected chi connectivity index (χ1v) is 10.0. The number of benzene rings is 1. The van der Waals surface area contributed by atoms with Crippen LogP contribution in [0.4, 0.5) is 0 Å². The summed E-state index contributed by atoms with van der Waals surface area (Å²) in [5.74, 6) is 2.33. The van der Waals surface area contributed by atoms with Crippen molar-refractivity contribution in [3.8, 4) is 17.3 Å². The van der Waals surface area contributed by atoms with Gasteiger partial charge in [-0.1, -0.05) is 27.7 Å². The number of likely N-dealkylation sites (N-methyl/N-ethyl adjacent to an activating group) is 1. The van der Waals surface area contributed by atoms with Crippen LogP contribution < -0.4 is 4.74 Å². The van der Waals surface area contributed by atoms with E-state index in [0.29, 0.717) is 29.9 Å². The Labute approximate surface area is 169 Å². The monoisotopic (exact) mass is 450 g/mol. The summed E-state index contributed by atoms with van der Waals surface area (Å²) in [6.07, 6.45) is 1.59. The average Bonchev–Trinajstić information content (AvgIpc) is 3.31. The molecule has 0 N–H and O–H groups in total. The predicted molar refractivity (Wildman–Crippen MR) is 107 cm³/mol. The van der Waals surface area contributed by atoms with Gasteiger partial charge in [-0.3, -0.25) is 4.79 Å². The van der Waals surface area contributed by atoms with Crippen molar-refractivity contribution in [2.24, 2.45) is 7.05 Å². The number of aromatic nitrogens is 3. The van der Waals surface area contributed by atoms with E-state index in [1.807, 2.05) is 41.9 Å². The zero-order valence-corrected chi connectivity index (χ0v) is 17.4. The molecule has 0 atom stereocenters. The van der Waals surface area contributed by atoms with E-state index in [4.69, 9.17) is 9.15 Å². The number of rotatable bonds is 8. The van der Waals surface area contributed by atoms with Crippen molar-refractivity contribution in [1.29, 1.82) is 0 Å². The van der Waals surface area contributed by atoms with Crippen LogP contribution in [0.5, 0.6) is 5.75 Å². The van der Waals surface area contributed by atoms with Crippen LogP contribution in [0.2, 0.25) is 0 Å². The summed E-state index contributed by atoms with van der Waals surface area (Å²) in [4.78, 5) is 14.0. The minimum absolute atomic E-state index is 0.00181. The van der Waals surface area contributed by atoms with Crippen molar-refractivity contribution in [2.45, 2.75) is 5.16 Å². The Balaban J connectivity index is 1.45. The van der Waals surface area contributed by atoms with E-state index in [2.05, 4.69) is 26.1 Å². The number of carbonyl (C=O) groups is 1. The molecule has 0 spiro atoms. The zero-order chi connectivity index (χ0) is 19.2. The number of hydrogen-bond donors (Lipinski definition) is 0. The third kappa shape index (κ3) is 5.14. The lowest BCUT2D eigenvalue weighted by molar-refractivity contribution is -0.127. The van der Waals surface area contributed by atoms with Crippen molar-refractivity contribution < 1.29 is 13.9 Å². The number of halogens is 1. The second-order valence-electron chi connectivity index (χ2n) is 5.75. The maximum atomic E-state index is 12.3. The summed E-state index contributed by atoms with van der Waals surface area (Å²) >= 11 is 4.73. The first kappa shape index (κ1) is 19.5. The first-order valence-electron chi connectivity index (χ1n) is 8.23. The summed E-state index contributed by atoms with van der Waals surface area (Å²) in [6.45, 7) is 0.938. The normalized spacial score (nSPS) is 10.8. The molecule has 2 aromatic heterocycles. The third-order valence-electron chi connectivity index (χ3n) is 3.84. The molecule has 0 bridgehead atoms. The molecular weight excluding hydrogens is 432 g/mol. The molecule has 0 aliphatic carbocycles. The lowest BCUT2D eigenvalue weighted by atomic mass is 10.3. The summed E-state index contributed by atoms with van der Waals surface area (Å²) in [5.41, 5.74) is 0. The molecule has 9 heteroatoms. The molecule has 0 aliphatic rings. The van der Waals surface area contributed by atoms with Crippen molar-refractivity contribution >= 4 is 33.6 Å². The number of furan rings is 1.